The van der Waals surface area contributed by atoms with E-state index in [-0.39, 0.29) is 0 Å². The minimum absolute atomic E-state index is 0.384. The first-order valence-corrected chi connectivity index (χ1v) is 6.15. The Kier molecular flexibility index (Phi) is 2.81. The van der Waals surface area contributed by atoms with Gasteiger partial charge in [-0.05, 0) is 17.9 Å². The molecule has 0 aromatic carbocycles. The standard InChI is InChI=1S/C9H15NO2S/c1-7-4-5-9(6-8(7)2)10-13(3,11)12/h4-8,10H,1-3H3/t7-,8+/m0/s1. The van der Waals surface area contributed by atoms with E-state index in [0.717, 1.165) is 6.26 Å². The summed E-state index contributed by atoms with van der Waals surface area (Å²) in [5.74, 6) is 0.861. The lowest BCUT2D eigenvalue weighted by molar-refractivity contribution is 0.544. The van der Waals surface area contributed by atoms with Gasteiger partial charge in [-0.25, -0.2) is 8.42 Å². The predicted octanol–water partition coefficient (Wildman–Crippen LogP) is 1.26. The van der Waals surface area contributed by atoms with E-state index < -0.39 is 10.0 Å². The van der Waals surface area contributed by atoms with Gasteiger partial charge < -0.3 is 0 Å². The van der Waals surface area contributed by atoms with Gasteiger partial charge in [0.25, 0.3) is 0 Å². The highest BCUT2D eigenvalue weighted by molar-refractivity contribution is 7.88. The summed E-state index contributed by atoms with van der Waals surface area (Å²) in [6.07, 6.45) is 6.92. The molecule has 1 rings (SSSR count). The molecule has 74 valence electrons. The lowest BCUT2D eigenvalue weighted by Crippen LogP contribution is -2.23. The van der Waals surface area contributed by atoms with Gasteiger partial charge >= 0.3 is 0 Å². The summed E-state index contributed by atoms with van der Waals surface area (Å²) in [6, 6.07) is 0. The second-order valence-electron chi connectivity index (χ2n) is 3.57. The number of nitrogens with one attached hydrogen (secondary N) is 1. The molecule has 0 radical (unpaired) electrons. The van der Waals surface area contributed by atoms with Crippen LogP contribution >= 0.6 is 0 Å². The van der Waals surface area contributed by atoms with Gasteiger partial charge in [0, 0.05) is 5.70 Å². The SMILES string of the molecule is C[C@@H]1C=C(NS(C)(=O)=O)C=C[C@@H]1C. The highest BCUT2D eigenvalue weighted by Crippen LogP contribution is 2.20. The maximum absolute atomic E-state index is 10.9. The Hall–Kier alpha value is -0.770. The highest BCUT2D eigenvalue weighted by Gasteiger charge is 2.13. The van der Waals surface area contributed by atoms with Gasteiger partial charge in [0.2, 0.25) is 10.0 Å². The molecule has 0 aromatic rings. The van der Waals surface area contributed by atoms with Crippen molar-refractivity contribution in [1.29, 1.82) is 0 Å². The Bertz CT molecular complexity index is 341. The van der Waals surface area contributed by atoms with Crippen LogP contribution in [0.1, 0.15) is 13.8 Å². The summed E-state index contributed by atoms with van der Waals surface area (Å²) in [4.78, 5) is 0. The van der Waals surface area contributed by atoms with Crippen molar-refractivity contribution >= 4 is 10.0 Å². The van der Waals surface area contributed by atoms with Crippen LogP contribution < -0.4 is 4.72 Å². The zero-order valence-corrected chi connectivity index (χ0v) is 8.93. The molecule has 0 unspecified atom stereocenters. The molecule has 0 heterocycles. The number of sulfonamides is 1. The molecule has 0 bridgehead atoms. The number of allylic oxidation sites excluding steroid dienone is 3. The highest BCUT2D eigenvalue weighted by atomic mass is 32.2. The molecule has 0 aliphatic heterocycles. The minimum Gasteiger partial charge on any atom is -0.284 e. The third-order valence-electron chi connectivity index (χ3n) is 2.15. The quantitative estimate of drug-likeness (QED) is 0.731. The average Bonchev–Trinajstić information content (AvgIpc) is 1.94. The molecular formula is C9H15NO2S. The molecule has 1 N–H and O–H groups in total. The first kappa shape index (κ1) is 10.3. The smallest absolute Gasteiger partial charge is 0.229 e. The summed E-state index contributed by atoms with van der Waals surface area (Å²) in [5.41, 5.74) is 0.674. The molecule has 2 atom stereocenters. The van der Waals surface area contributed by atoms with Gasteiger partial charge in [-0.3, -0.25) is 4.72 Å². The van der Waals surface area contributed by atoms with Crippen molar-refractivity contribution in [1.82, 2.24) is 4.72 Å². The van der Waals surface area contributed by atoms with Crippen LogP contribution in [0.2, 0.25) is 0 Å². The number of hydrogen-bond donors (Lipinski definition) is 1. The van der Waals surface area contributed by atoms with Crippen LogP contribution in [0.25, 0.3) is 0 Å². The summed E-state index contributed by atoms with van der Waals surface area (Å²) in [5, 5.41) is 0. The van der Waals surface area contributed by atoms with E-state index in [1.807, 2.05) is 18.2 Å². The molecule has 3 nitrogen and oxygen atoms in total. The van der Waals surface area contributed by atoms with Crippen molar-refractivity contribution < 1.29 is 8.42 Å². The van der Waals surface area contributed by atoms with Crippen molar-refractivity contribution in [3.8, 4) is 0 Å². The lowest BCUT2D eigenvalue weighted by Gasteiger charge is -2.19. The van der Waals surface area contributed by atoms with Crippen molar-refractivity contribution in [2.75, 3.05) is 6.26 Å². The van der Waals surface area contributed by atoms with Crippen LogP contribution in [-0.4, -0.2) is 14.7 Å². The largest absolute Gasteiger partial charge is 0.284 e. The van der Waals surface area contributed by atoms with E-state index in [9.17, 15) is 8.42 Å². The van der Waals surface area contributed by atoms with E-state index >= 15 is 0 Å². The number of hydrogen-bond acceptors (Lipinski definition) is 2. The van der Waals surface area contributed by atoms with Gasteiger partial charge in [-0.2, -0.15) is 0 Å². The van der Waals surface area contributed by atoms with Gasteiger partial charge in [-0.15, -0.1) is 0 Å². The summed E-state index contributed by atoms with van der Waals surface area (Å²) in [6.45, 7) is 4.17. The monoisotopic (exact) mass is 201 g/mol. The maximum atomic E-state index is 10.9. The van der Waals surface area contributed by atoms with Crippen molar-refractivity contribution in [2.45, 2.75) is 13.8 Å². The zero-order valence-electron chi connectivity index (χ0n) is 8.11. The Balaban J connectivity index is 2.75. The van der Waals surface area contributed by atoms with Crippen LogP contribution in [0, 0.1) is 11.8 Å². The van der Waals surface area contributed by atoms with E-state index in [4.69, 9.17) is 0 Å². The first-order valence-electron chi connectivity index (χ1n) is 4.26. The third kappa shape index (κ3) is 3.22. The van der Waals surface area contributed by atoms with E-state index in [2.05, 4.69) is 18.6 Å². The Morgan fingerprint density at radius 2 is 1.92 bits per heavy atom. The fourth-order valence-electron chi connectivity index (χ4n) is 1.20. The summed E-state index contributed by atoms with van der Waals surface area (Å²) in [7, 11) is -3.13. The molecule has 1 aliphatic rings. The van der Waals surface area contributed by atoms with Crippen molar-refractivity contribution in [3.63, 3.8) is 0 Å². The Morgan fingerprint density at radius 1 is 1.31 bits per heavy atom. The Labute approximate surface area is 79.6 Å². The molecule has 0 aromatic heterocycles. The molecule has 4 heteroatoms. The zero-order chi connectivity index (χ0) is 10.1. The van der Waals surface area contributed by atoms with Crippen molar-refractivity contribution in [2.24, 2.45) is 11.8 Å². The van der Waals surface area contributed by atoms with Crippen LogP contribution in [-0.2, 0) is 10.0 Å². The van der Waals surface area contributed by atoms with E-state index in [1.165, 1.54) is 0 Å². The minimum atomic E-state index is -3.13. The molecule has 13 heavy (non-hydrogen) atoms. The van der Waals surface area contributed by atoms with Crippen LogP contribution in [0.15, 0.2) is 23.9 Å². The molecule has 0 saturated carbocycles. The van der Waals surface area contributed by atoms with Crippen LogP contribution in [0.4, 0.5) is 0 Å². The molecule has 0 saturated heterocycles. The molecule has 0 amide bonds. The molecular weight excluding hydrogens is 186 g/mol. The second kappa shape index (κ2) is 3.54. The van der Waals surface area contributed by atoms with Crippen molar-refractivity contribution in [3.05, 3.63) is 23.9 Å². The molecule has 1 aliphatic carbocycles. The van der Waals surface area contributed by atoms with Gasteiger partial charge in [0.05, 0.1) is 6.26 Å². The second-order valence-corrected chi connectivity index (χ2v) is 5.32. The number of rotatable bonds is 2. The first-order chi connectivity index (χ1) is 5.88. The van der Waals surface area contributed by atoms with E-state index in [0.29, 0.717) is 17.5 Å². The molecule has 0 spiro atoms. The van der Waals surface area contributed by atoms with Gasteiger partial charge in [-0.1, -0.05) is 26.0 Å². The third-order valence-corrected chi connectivity index (χ3v) is 2.76. The van der Waals surface area contributed by atoms with Gasteiger partial charge in [0.1, 0.15) is 0 Å². The van der Waals surface area contributed by atoms with Gasteiger partial charge in [0.15, 0.2) is 0 Å². The maximum Gasteiger partial charge on any atom is 0.229 e. The Morgan fingerprint density at radius 3 is 2.38 bits per heavy atom. The van der Waals surface area contributed by atoms with E-state index in [1.54, 1.807) is 0 Å². The fourth-order valence-corrected chi connectivity index (χ4v) is 1.77. The lowest BCUT2D eigenvalue weighted by atomic mass is 9.91. The summed E-state index contributed by atoms with van der Waals surface area (Å²) < 4.78 is 24.3. The summed E-state index contributed by atoms with van der Waals surface area (Å²) >= 11 is 0. The van der Waals surface area contributed by atoms with Crippen LogP contribution in [0.5, 0.6) is 0 Å². The van der Waals surface area contributed by atoms with Crippen LogP contribution in [0.3, 0.4) is 0 Å². The average molecular weight is 201 g/mol. The normalized spacial score (nSPS) is 28.4. The fraction of sp³-hybridized carbons (Fsp3) is 0.556. The predicted molar refractivity (Wildman–Crippen MR) is 53.5 cm³/mol. The molecule has 0 fully saturated rings. The topological polar surface area (TPSA) is 46.2 Å².